The normalized spacial score (nSPS) is 28.3. The fourth-order valence-corrected chi connectivity index (χ4v) is 6.10. The maximum atomic E-state index is 13.2. The molecule has 0 radical (unpaired) electrons. The van der Waals surface area contributed by atoms with E-state index in [0.717, 1.165) is 28.9 Å². The number of benzene rings is 2. The fourth-order valence-electron chi connectivity index (χ4n) is 4.51. The molecule has 3 unspecified atom stereocenters. The summed E-state index contributed by atoms with van der Waals surface area (Å²) in [7, 11) is -3.51. The lowest BCUT2D eigenvalue weighted by Crippen LogP contribution is -2.45. The van der Waals surface area contributed by atoms with Gasteiger partial charge in [0.1, 0.15) is 0 Å². The van der Waals surface area contributed by atoms with Crippen LogP contribution >= 0.6 is 0 Å². The average Bonchev–Trinajstić information content (AvgIpc) is 3.27. The molecule has 3 aliphatic rings. The van der Waals surface area contributed by atoms with Crippen LogP contribution in [0.25, 0.3) is 10.8 Å². The van der Waals surface area contributed by atoms with Crippen molar-refractivity contribution in [3.63, 3.8) is 0 Å². The highest BCUT2D eigenvalue weighted by Crippen LogP contribution is 2.36. The molecule has 5 rings (SSSR count). The topological polar surface area (TPSA) is 76.5 Å². The van der Waals surface area contributed by atoms with Crippen molar-refractivity contribution in [2.75, 3.05) is 26.2 Å². The maximum absolute atomic E-state index is 13.2. The second-order valence-corrected chi connectivity index (χ2v) is 9.61. The highest BCUT2D eigenvalue weighted by atomic mass is 32.2. The van der Waals surface area contributed by atoms with Crippen molar-refractivity contribution >= 4 is 27.0 Å². The van der Waals surface area contributed by atoms with Crippen LogP contribution in [0.4, 0.5) is 0 Å². The number of likely N-dealkylation sites (tertiary alicyclic amines) is 1. The van der Waals surface area contributed by atoms with Crippen LogP contribution in [0, 0.1) is 11.8 Å². The van der Waals surface area contributed by atoms with E-state index in [2.05, 4.69) is 9.89 Å². The monoisotopic (exact) mass is 398 g/mol. The summed E-state index contributed by atoms with van der Waals surface area (Å²) in [6.07, 6.45) is 4.54. The number of allylic oxidation sites excluding steroid dienone is 1. The molecule has 2 aromatic carbocycles. The molecule has 0 spiro atoms. The van der Waals surface area contributed by atoms with Gasteiger partial charge in [0.2, 0.25) is 16.3 Å². The summed E-state index contributed by atoms with van der Waals surface area (Å²) >= 11 is 0. The molecule has 3 aliphatic heterocycles. The Labute approximate surface area is 164 Å². The lowest BCUT2D eigenvalue weighted by molar-refractivity contribution is -0.126. The van der Waals surface area contributed by atoms with Crippen LogP contribution in [0.2, 0.25) is 0 Å². The zero-order valence-corrected chi connectivity index (χ0v) is 16.1. The number of hydroxylamine groups is 2. The summed E-state index contributed by atoms with van der Waals surface area (Å²) in [5.41, 5.74) is 0. The Hall–Kier alpha value is -2.26. The summed E-state index contributed by atoms with van der Waals surface area (Å²) in [5.74, 6) is 0.509. The van der Waals surface area contributed by atoms with E-state index in [1.54, 1.807) is 34.9 Å². The largest absolute Gasteiger partial charge is 0.286 e. The predicted octanol–water partition coefficient (Wildman–Crippen LogP) is 1.96. The molecule has 28 heavy (non-hydrogen) atoms. The van der Waals surface area contributed by atoms with Gasteiger partial charge < -0.3 is 0 Å². The summed E-state index contributed by atoms with van der Waals surface area (Å²) in [5, 5.41) is 13.1. The highest BCUT2D eigenvalue weighted by Gasteiger charge is 2.46. The van der Waals surface area contributed by atoms with Gasteiger partial charge in [0, 0.05) is 38.6 Å². The first-order valence-electron chi connectivity index (χ1n) is 9.42. The van der Waals surface area contributed by atoms with Gasteiger partial charge in [0.05, 0.1) is 4.90 Å². The molecule has 0 aromatic heterocycles. The Morgan fingerprint density at radius 1 is 0.964 bits per heavy atom. The average molecular weight is 398 g/mol. The number of hydrogen-bond donors (Lipinski definition) is 1. The van der Waals surface area contributed by atoms with E-state index in [1.807, 2.05) is 30.3 Å². The molecule has 2 aromatic rings. The number of rotatable bonds is 3. The van der Waals surface area contributed by atoms with Gasteiger partial charge in [-0.2, -0.15) is 4.31 Å². The van der Waals surface area contributed by atoms with Crippen LogP contribution < -0.4 is 0 Å². The molecule has 0 amide bonds. The number of aliphatic imine (C=N–C) groups is 1. The molecular formula is C20H22N4O3S. The first-order chi connectivity index (χ1) is 13.5. The molecule has 0 bridgehead atoms. The van der Waals surface area contributed by atoms with Crippen LogP contribution in [-0.2, 0) is 10.0 Å². The zero-order valence-electron chi connectivity index (χ0n) is 15.3. The third kappa shape index (κ3) is 2.93. The van der Waals surface area contributed by atoms with Gasteiger partial charge in [-0.3, -0.25) is 15.1 Å². The molecule has 0 saturated carbocycles. The van der Waals surface area contributed by atoms with E-state index in [-0.39, 0.29) is 11.8 Å². The second kappa shape index (κ2) is 6.66. The van der Waals surface area contributed by atoms with E-state index >= 15 is 0 Å². The minimum atomic E-state index is -3.51. The van der Waals surface area contributed by atoms with E-state index in [4.69, 9.17) is 0 Å². The lowest BCUT2D eigenvalue weighted by Gasteiger charge is -2.32. The van der Waals surface area contributed by atoms with Crippen molar-refractivity contribution in [1.29, 1.82) is 0 Å². The number of hydrogen-bond acceptors (Lipinski definition) is 6. The van der Waals surface area contributed by atoms with Gasteiger partial charge in [-0.1, -0.05) is 30.3 Å². The SMILES string of the molecule is O=S(=O)(c1ccc2ccccc2c1)N1CC2CN(C3N=CC=CN3O)CC2C1. The van der Waals surface area contributed by atoms with Crippen molar-refractivity contribution in [2.24, 2.45) is 16.8 Å². The molecule has 8 heteroatoms. The van der Waals surface area contributed by atoms with Gasteiger partial charge in [-0.05, 0) is 40.8 Å². The summed E-state index contributed by atoms with van der Waals surface area (Å²) in [6, 6.07) is 13.1. The Morgan fingerprint density at radius 2 is 1.68 bits per heavy atom. The number of sulfonamides is 1. The Morgan fingerprint density at radius 3 is 2.39 bits per heavy atom. The van der Waals surface area contributed by atoms with Gasteiger partial charge in [0.25, 0.3) is 0 Å². The van der Waals surface area contributed by atoms with Crippen molar-refractivity contribution in [1.82, 2.24) is 14.3 Å². The van der Waals surface area contributed by atoms with E-state index < -0.39 is 16.3 Å². The van der Waals surface area contributed by atoms with Gasteiger partial charge in [-0.25, -0.2) is 13.5 Å². The standard InChI is InChI=1S/C20H22N4O3S/c25-24-9-3-8-21-20(24)22-11-17-13-23(14-18(17)12-22)28(26,27)19-7-6-15-4-1-2-5-16(15)10-19/h1-10,17-18,20,25H,11-14H2. The van der Waals surface area contributed by atoms with Crippen LogP contribution in [0.15, 0.2) is 64.6 Å². The number of fused-ring (bicyclic) bond motifs is 2. The van der Waals surface area contributed by atoms with Crippen LogP contribution in [0.1, 0.15) is 0 Å². The van der Waals surface area contributed by atoms with Gasteiger partial charge in [0.15, 0.2) is 0 Å². The van der Waals surface area contributed by atoms with Crippen molar-refractivity contribution in [3.8, 4) is 0 Å². The molecule has 146 valence electrons. The minimum absolute atomic E-state index is 0.254. The van der Waals surface area contributed by atoms with Crippen LogP contribution in [0.3, 0.4) is 0 Å². The molecule has 2 fully saturated rings. The Balaban J connectivity index is 1.32. The van der Waals surface area contributed by atoms with Gasteiger partial charge >= 0.3 is 0 Å². The van der Waals surface area contributed by atoms with Gasteiger partial charge in [-0.15, -0.1) is 0 Å². The van der Waals surface area contributed by atoms with E-state index in [1.165, 1.54) is 0 Å². The maximum Gasteiger partial charge on any atom is 0.243 e. The molecule has 1 N–H and O–H groups in total. The summed E-state index contributed by atoms with van der Waals surface area (Å²) in [6.45, 7) is 2.46. The highest BCUT2D eigenvalue weighted by molar-refractivity contribution is 7.89. The third-order valence-corrected chi connectivity index (χ3v) is 7.77. The molecule has 0 aliphatic carbocycles. The quantitative estimate of drug-likeness (QED) is 0.855. The predicted molar refractivity (Wildman–Crippen MR) is 106 cm³/mol. The van der Waals surface area contributed by atoms with Crippen molar-refractivity contribution < 1.29 is 13.6 Å². The smallest absolute Gasteiger partial charge is 0.243 e. The van der Waals surface area contributed by atoms with E-state index in [0.29, 0.717) is 18.0 Å². The fraction of sp³-hybridized carbons (Fsp3) is 0.350. The van der Waals surface area contributed by atoms with Crippen molar-refractivity contribution in [3.05, 3.63) is 54.7 Å². The summed E-state index contributed by atoms with van der Waals surface area (Å²) < 4.78 is 28.0. The minimum Gasteiger partial charge on any atom is -0.286 e. The second-order valence-electron chi connectivity index (χ2n) is 7.67. The summed E-state index contributed by atoms with van der Waals surface area (Å²) in [4.78, 5) is 6.78. The molecule has 7 nitrogen and oxygen atoms in total. The Kier molecular flexibility index (Phi) is 4.24. The van der Waals surface area contributed by atoms with Crippen LogP contribution in [0.5, 0.6) is 0 Å². The zero-order chi connectivity index (χ0) is 19.3. The van der Waals surface area contributed by atoms with E-state index in [9.17, 15) is 13.6 Å². The lowest BCUT2D eigenvalue weighted by atomic mass is 10.0. The molecular weight excluding hydrogens is 376 g/mol. The molecule has 2 saturated heterocycles. The first kappa shape index (κ1) is 17.8. The van der Waals surface area contributed by atoms with Crippen molar-refractivity contribution in [2.45, 2.75) is 11.2 Å². The first-order valence-corrected chi connectivity index (χ1v) is 10.9. The Bertz CT molecular complexity index is 1050. The number of nitrogens with zero attached hydrogens (tertiary/aromatic N) is 4. The van der Waals surface area contributed by atoms with Crippen LogP contribution in [-0.4, -0.2) is 66.6 Å². The molecule has 3 atom stereocenters. The third-order valence-electron chi connectivity index (χ3n) is 5.95. The molecule has 3 heterocycles.